The number of fused-ring (bicyclic) bond motifs is 1. The topological polar surface area (TPSA) is 43.9 Å². The smallest absolute Gasteiger partial charge is 0.236 e. The summed E-state index contributed by atoms with van der Waals surface area (Å²) in [6, 6.07) is 18.5. The van der Waals surface area contributed by atoms with Crippen LogP contribution < -0.4 is 4.90 Å². The third-order valence-corrected chi connectivity index (χ3v) is 5.75. The first-order valence-electron chi connectivity index (χ1n) is 10.1. The number of nitrogens with zero attached hydrogens (tertiary/aromatic N) is 3. The molecule has 0 radical (unpaired) electrons. The molecule has 0 aromatic heterocycles. The van der Waals surface area contributed by atoms with Gasteiger partial charge in [0.15, 0.2) is 0 Å². The van der Waals surface area contributed by atoms with Gasteiger partial charge in [-0.15, -0.1) is 0 Å². The summed E-state index contributed by atoms with van der Waals surface area (Å²) in [5.74, 6) is -0.143. The van der Waals surface area contributed by atoms with Crippen molar-refractivity contribution >= 4 is 17.5 Å². The number of hydrogen-bond acceptors (Lipinski definition) is 3. The van der Waals surface area contributed by atoms with Gasteiger partial charge in [0, 0.05) is 44.5 Å². The van der Waals surface area contributed by atoms with Crippen molar-refractivity contribution in [3.8, 4) is 0 Å². The molecule has 146 valence electrons. The van der Waals surface area contributed by atoms with Crippen molar-refractivity contribution in [2.75, 3.05) is 31.1 Å². The molecule has 2 aromatic carbocycles. The van der Waals surface area contributed by atoms with Crippen molar-refractivity contribution in [2.24, 2.45) is 0 Å². The van der Waals surface area contributed by atoms with Crippen molar-refractivity contribution in [2.45, 2.75) is 32.4 Å². The number of amides is 2. The molecule has 0 bridgehead atoms. The Labute approximate surface area is 166 Å². The minimum absolute atomic E-state index is 0.0443. The summed E-state index contributed by atoms with van der Waals surface area (Å²) >= 11 is 0. The second-order valence-corrected chi connectivity index (χ2v) is 7.76. The molecule has 2 heterocycles. The number of benzene rings is 2. The highest BCUT2D eigenvalue weighted by Gasteiger charge is 2.32. The number of anilines is 1. The molecule has 0 saturated carbocycles. The largest absolute Gasteiger partial charge is 0.340 e. The summed E-state index contributed by atoms with van der Waals surface area (Å²) in [4.78, 5) is 31.6. The van der Waals surface area contributed by atoms with E-state index in [2.05, 4.69) is 35.2 Å². The monoisotopic (exact) mass is 377 g/mol. The van der Waals surface area contributed by atoms with Gasteiger partial charge in [-0.3, -0.25) is 14.5 Å². The van der Waals surface area contributed by atoms with Gasteiger partial charge >= 0.3 is 0 Å². The predicted octanol–water partition coefficient (Wildman–Crippen LogP) is 2.70. The van der Waals surface area contributed by atoms with E-state index < -0.39 is 0 Å². The Morgan fingerprint density at radius 1 is 0.893 bits per heavy atom. The van der Waals surface area contributed by atoms with E-state index in [4.69, 9.17) is 0 Å². The number of piperazine rings is 1. The van der Waals surface area contributed by atoms with E-state index in [9.17, 15) is 9.59 Å². The molecule has 5 nitrogen and oxygen atoms in total. The Bertz CT molecular complexity index is 844. The van der Waals surface area contributed by atoms with Gasteiger partial charge in [0.1, 0.15) is 6.42 Å². The van der Waals surface area contributed by atoms with Crippen molar-refractivity contribution < 1.29 is 9.59 Å². The third-order valence-electron chi connectivity index (χ3n) is 5.75. The molecule has 28 heavy (non-hydrogen) atoms. The molecular formula is C23H27N3O2. The second kappa shape index (κ2) is 8.15. The van der Waals surface area contributed by atoms with Crippen LogP contribution in [-0.2, 0) is 22.6 Å². The van der Waals surface area contributed by atoms with Crippen LogP contribution in [0.5, 0.6) is 0 Å². The van der Waals surface area contributed by atoms with Crippen LogP contribution in [0.3, 0.4) is 0 Å². The van der Waals surface area contributed by atoms with E-state index in [0.717, 1.165) is 31.7 Å². The van der Waals surface area contributed by atoms with Gasteiger partial charge in [0.05, 0.1) is 0 Å². The lowest BCUT2D eigenvalue weighted by Gasteiger charge is -2.35. The van der Waals surface area contributed by atoms with Crippen LogP contribution in [0.1, 0.15) is 24.5 Å². The SMILES string of the molecule is CC1Cc2ccccc2N1C(=O)CC(=O)N1CCN(Cc2ccccc2)CC1. The highest BCUT2D eigenvalue weighted by molar-refractivity contribution is 6.06. The first-order chi connectivity index (χ1) is 13.6. The number of para-hydroxylation sites is 1. The van der Waals surface area contributed by atoms with Crippen molar-refractivity contribution in [3.63, 3.8) is 0 Å². The first-order valence-corrected chi connectivity index (χ1v) is 10.1. The fourth-order valence-electron chi connectivity index (χ4n) is 4.27. The van der Waals surface area contributed by atoms with E-state index >= 15 is 0 Å². The number of carbonyl (C=O) groups is 2. The first kappa shape index (κ1) is 18.7. The summed E-state index contributed by atoms with van der Waals surface area (Å²) in [6.45, 7) is 6.01. The quantitative estimate of drug-likeness (QED) is 0.770. The lowest BCUT2D eigenvalue weighted by molar-refractivity contribution is -0.136. The van der Waals surface area contributed by atoms with Gasteiger partial charge in [-0.05, 0) is 30.5 Å². The van der Waals surface area contributed by atoms with Crippen LogP contribution in [0.4, 0.5) is 5.69 Å². The van der Waals surface area contributed by atoms with Crippen LogP contribution in [0.25, 0.3) is 0 Å². The maximum Gasteiger partial charge on any atom is 0.236 e. The minimum atomic E-state index is -0.0887. The number of carbonyl (C=O) groups excluding carboxylic acids is 2. The fourth-order valence-corrected chi connectivity index (χ4v) is 4.27. The summed E-state index contributed by atoms with van der Waals surface area (Å²) in [5, 5.41) is 0. The van der Waals surface area contributed by atoms with Gasteiger partial charge in [-0.1, -0.05) is 48.5 Å². The second-order valence-electron chi connectivity index (χ2n) is 7.76. The molecule has 2 aliphatic heterocycles. The molecule has 4 rings (SSSR count). The van der Waals surface area contributed by atoms with Crippen LogP contribution in [0.15, 0.2) is 54.6 Å². The molecule has 1 fully saturated rings. The zero-order chi connectivity index (χ0) is 19.5. The summed E-state index contributed by atoms with van der Waals surface area (Å²) in [5.41, 5.74) is 3.44. The Kier molecular flexibility index (Phi) is 5.44. The standard InChI is InChI=1S/C23H27N3O2/c1-18-15-20-9-5-6-10-21(20)26(18)23(28)16-22(27)25-13-11-24(12-14-25)17-19-7-3-2-4-8-19/h2-10,18H,11-17H2,1H3. The molecule has 5 heteroatoms. The molecule has 2 aliphatic rings. The van der Waals surface area contributed by atoms with Crippen molar-refractivity contribution in [3.05, 3.63) is 65.7 Å². The van der Waals surface area contributed by atoms with E-state index in [1.165, 1.54) is 11.1 Å². The number of rotatable bonds is 4. The van der Waals surface area contributed by atoms with Gasteiger partial charge in [0.2, 0.25) is 11.8 Å². The molecular weight excluding hydrogens is 350 g/mol. The highest BCUT2D eigenvalue weighted by Crippen LogP contribution is 2.32. The Hall–Kier alpha value is -2.66. The van der Waals surface area contributed by atoms with E-state index in [-0.39, 0.29) is 24.3 Å². The van der Waals surface area contributed by atoms with Gasteiger partial charge in [0.25, 0.3) is 0 Å². The van der Waals surface area contributed by atoms with E-state index in [0.29, 0.717) is 13.1 Å². The summed E-state index contributed by atoms with van der Waals surface area (Å²) < 4.78 is 0. The zero-order valence-electron chi connectivity index (χ0n) is 16.4. The molecule has 0 spiro atoms. The Balaban J connectivity index is 1.31. The molecule has 1 unspecified atom stereocenters. The lowest BCUT2D eigenvalue weighted by Crippen LogP contribution is -2.49. The highest BCUT2D eigenvalue weighted by atomic mass is 16.2. The maximum absolute atomic E-state index is 12.8. The maximum atomic E-state index is 12.8. The average molecular weight is 377 g/mol. The van der Waals surface area contributed by atoms with Crippen LogP contribution in [-0.4, -0.2) is 53.8 Å². The molecule has 2 amide bonds. The third kappa shape index (κ3) is 3.94. The normalized spacial score (nSPS) is 19.5. The van der Waals surface area contributed by atoms with Gasteiger partial charge in [-0.2, -0.15) is 0 Å². The average Bonchev–Trinajstić information content (AvgIpc) is 3.05. The summed E-state index contributed by atoms with van der Waals surface area (Å²) in [7, 11) is 0. The minimum Gasteiger partial charge on any atom is -0.340 e. The van der Waals surface area contributed by atoms with Crippen molar-refractivity contribution in [1.82, 2.24) is 9.80 Å². The van der Waals surface area contributed by atoms with Gasteiger partial charge < -0.3 is 9.80 Å². The van der Waals surface area contributed by atoms with Crippen molar-refractivity contribution in [1.29, 1.82) is 0 Å². The predicted molar refractivity (Wildman–Crippen MR) is 110 cm³/mol. The Morgan fingerprint density at radius 3 is 2.32 bits per heavy atom. The molecule has 1 saturated heterocycles. The Morgan fingerprint density at radius 2 is 1.57 bits per heavy atom. The molecule has 0 aliphatic carbocycles. The molecule has 2 aromatic rings. The lowest BCUT2D eigenvalue weighted by atomic mass is 10.1. The fraction of sp³-hybridized carbons (Fsp3) is 0.391. The molecule has 0 N–H and O–H groups in total. The van der Waals surface area contributed by atoms with Crippen LogP contribution >= 0.6 is 0 Å². The molecule has 1 atom stereocenters. The number of hydrogen-bond donors (Lipinski definition) is 0. The van der Waals surface area contributed by atoms with E-state index in [1.54, 1.807) is 4.90 Å². The zero-order valence-corrected chi connectivity index (χ0v) is 16.4. The van der Waals surface area contributed by atoms with E-state index in [1.807, 2.05) is 36.1 Å². The van der Waals surface area contributed by atoms with Gasteiger partial charge in [-0.25, -0.2) is 0 Å². The van der Waals surface area contributed by atoms with Crippen LogP contribution in [0.2, 0.25) is 0 Å². The summed E-state index contributed by atoms with van der Waals surface area (Å²) in [6.07, 6.45) is 0.811. The van der Waals surface area contributed by atoms with Crippen LogP contribution in [0, 0.1) is 0 Å².